The van der Waals surface area contributed by atoms with Gasteiger partial charge in [-0.1, -0.05) is 54.6 Å². The average Bonchev–Trinajstić information content (AvgIpc) is 3.57. The van der Waals surface area contributed by atoms with Gasteiger partial charge in [0.2, 0.25) is 5.91 Å². The van der Waals surface area contributed by atoms with Crippen molar-refractivity contribution >= 4 is 28.4 Å². The van der Waals surface area contributed by atoms with E-state index in [1.54, 1.807) is 34.5 Å². The van der Waals surface area contributed by atoms with Gasteiger partial charge in [0.05, 0.1) is 37.2 Å². The Kier molecular flexibility index (Phi) is 6.50. The van der Waals surface area contributed by atoms with Crippen LogP contribution in [-0.2, 0) is 22.7 Å². The van der Waals surface area contributed by atoms with Gasteiger partial charge in [0, 0.05) is 13.5 Å². The number of carbonyl (C=O) groups is 2. The molecule has 4 aromatic rings. The van der Waals surface area contributed by atoms with Crippen LogP contribution in [-0.4, -0.2) is 38.9 Å². The molecule has 5 rings (SSSR count). The standard InChI is InChI=1S/C29H27N5O2/c1-21(35)33-15-5-10-27(33)29(36)34(19-25-8-4-7-24-6-2-3-9-26(24)25)28-17-31-20-32(28)18-23-13-11-22(16-30)12-14-23/h2-4,6-9,11-14,17,20,27H,5,10,15,18-19H2,1H3/t27-/m0/s1. The molecule has 0 bridgehead atoms. The lowest BCUT2D eigenvalue weighted by Crippen LogP contribution is -2.47. The summed E-state index contributed by atoms with van der Waals surface area (Å²) in [7, 11) is 0. The van der Waals surface area contributed by atoms with E-state index in [0.717, 1.165) is 28.3 Å². The monoisotopic (exact) mass is 477 g/mol. The fraction of sp³-hybridized carbons (Fsp3) is 0.241. The van der Waals surface area contributed by atoms with Crippen LogP contribution < -0.4 is 4.90 Å². The summed E-state index contributed by atoms with van der Waals surface area (Å²) in [5, 5.41) is 11.3. The highest BCUT2D eigenvalue weighted by atomic mass is 16.2. The molecule has 0 saturated carbocycles. The van der Waals surface area contributed by atoms with Crippen molar-refractivity contribution in [3.63, 3.8) is 0 Å². The highest BCUT2D eigenvalue weighted by Crippen LogP contribution is 2.28. The van der Waals surface area contributed by atoms with Gasteiger partial charge < -0.3 is 9.47 Å². The number of rotatable bonds is 6. The van der Waals surface area contributed by atoms with Gasteiger partial charge in [-0.25, -0.2) is 4.98 Å². The molecule has 1 atom stereocenters. The number of fused-ring (bicyclic) bond motifs is 1. The third-order valence-corrected chi connectivity index (χ3v) is 6.82. The Balaban J connectivity index is 1.53. The highest BCUT2D eigenvalue weighted by Gasteiger charge is 2.36. The molecule has 1 aliphatic rings. The second-order valence-electron chi connectivity index (χ2n) is 9.12. The molecule has 0 N–H and O–H groups in total. The summed E-state index contributed by atoms with van der Waals surface area (Å²) in [5.41, 5.74) is 2.62. The Morgan fingerprint density at radius 3 is 2.64 bits per heavy atom. The number of benzene rings is 3. The lowest BCUT2D eigenvalue weighted by Gasteiger charge is -2.30. The molecule has 3 aromatic carbocycles. The zero-order chi connectivity index (χ0) is 25.1. The van der Waals surface area contributed by atoms with Crippen molar-refractivity contribution in [2.75, 3.05) is 11.4 Å². The van der Waals surface area contributed by atoms with Crippen LogP contribution in [0.3, 0.4) is 0 Å². The predicted octanol–water partition coefficient (Wildman–Crippen LogP) is 4.50. The van der Waals surface area contributed by atoms with E-state index in [1.807, 2.05) is 41.0 Å². The first-order valence-electron chi connectivity index (χ1n) is 12.1. The number of imidazole rings is 1. The number of likely N-dealkylation sites (tertiary alicyclic amines) is 1. The molecule has 0 aliphatic carbocycles. The van der Waals surface area contributed by atoms with Gasteiger partial charge in [-0.3, -0.25) is 14.5 Å². The van der Waals surface area contributed by atoms with E-state index >= 15 is 0 Å². The van der Waals surface area contributed by atoms with Crippen molar-refractivity contribution in [2.24, 2.45) is 0 Å². The first-order chi connectivity index (χ1) is 17.5. The molecule has 7 nitrogen and oxygen atoms in total. The minimum atomic E-state index is -0.490. The molecule has 0 radical (unpaired) electrons. The van der Waals surface area contributed by atoms with Crippen LogP contribution in [0.1, 0.15) is 36.5 Å². The zero-order valence-corrected chi connectivity index (χ0v) is 20.2. The van der Waals surface area contributed by atoms with Gasteiger partial charge in [0.1, 0.15) is 11.9 Å². The van der Waals surface area contributed by atoms with Crippen LogP contribution in [0.2, 0.25) is 0 Å². The third kappa shape index (κ3) is 4.58. The quantitative estimate of drug-likeness (QED) is 0.409. The molecule has 0 unspecified atom stereocenters. The van der Waals surface area contributed by atoms with E-state index < -0.39 is 6.04 Å². The van der Waals surface area contributed by atoms with Gasteiger partial charge >= 0.3 is 0 Å². The minimum absolute atomic E-state index is 0.0814. The van der Waals surface area contributed by atoms with Gasteiger partial charge in [-0.15, -0.1) is 0 Å². The summed E-state index contributed by atoms with van der Waals surface area (Å²) in [6, 6.07) is 23.3. The zero-order valence-electron chi connectivity index (χ0n) is 20.2. The minimum Gasteiger partial charge on any atom is -0.331 e. The molecule has 2 heterocycles. The highest BCUT2D eigenvalue weighted by molar-refractivity contribution is 5.99. The summed E-state index contributed by atoms with van der Waals surface area (Å²) in [6.45, 7) is 2.98. The molecular weight excluding hydrogens is 450 g/mol. The van der Waals surface area contributed by atoms with Crippen molar-refractivity contribution in [2.45, 2.75) is 38.9 Å². The lowest BCUT2D eigenvalue weighted by molar-refractivity contribution is -0.135. The Morgan fingerprint density at radius 1 is 1.08 bits per heavy atom. The summed E-state index contributed by atoms with van der Waals surface area (Å²) in [4.78, 5) is 34.1. The van der Waals surface area contributed by atoms with Crippen molar-refractivity contribution < 1.29 is 9.59 Å². The number of hydrogen-bond acceptors (Lipinski definition) is 4. The Morgan fingerprint density at radius 2 is 1.86 bits per heavy atom. The van der Waals surface area contributed by atoms with Gasteiger partial charge in [-0.05, 0) is 46.9 Å². The fourth-order valence-corrected chi connectivity index (χ4v) is 4.99. The van der Waals surface area contributed by atoms with Gasteiger partial charge in [-0.2, -0.15) is 5.26 Å². The predicted molar refractivity (Wildman–Crippen MR) is 138 cm³/mol. The molecule has 36 heavy (non-hydrogen) atoms. The van der Waals surface area contributed by atoms with Crippen molar-refractivity contribution in [1.29, 1.82) is 5.26 Å². The molecule has 7 heteroatoms. The van der Waals surface area contributed by atoms with Crippen LogP contribution in [0.4, 0.5) is 5.82 Å². The van der Waals surface area contributed by atoms with Crippen molar-refractivity contribution in [1.82, 2.24) is 14.5 Å². The number of anilines is 1. The Hall–Kier alpha value is -4.44. The van der Waals surface area contributed by atoms with Crippen LogP contribution in [0, 0.1) is 11.3 Å². The van der Waals surface area contributed by atoms with Gasteiger partial charge in [0.15, 0.2) is 0 Å². The second kappa shape index (κ2) is 10.0. The summed E-state index contributed by atoms with van der Waals surface area (Å²) >= 11 is 0. The first-order valence-corrected chi connectivity index (χ1v) is 12.1. The molecule has 0 spiro atoms. The van der Waals surface area contributed by atoms with Crippen LogP contribution in [0.25, 0.3) is 10.8 Å². The third-order valence-electron chi connectivity index (χ3n) is 6.82. The van der Waals surface area contributed by atoms with E-state index in [9.17, 15) is 9.59 Å². The largest absolute Gasteiger partial charge is 0.331 e. The number of aromatic nitrogens is 2. The van der Waals surface area contributed by atoms with E-state index in [2.05, 4.69) is 29.3 Å². The number of nitriles is 1. The summed E-state index contributed by atoms with van der Waals surface area (Å²) < 4.78 is 1.94. The molecular formula is C29H27N5O2. The number of hydrogen-bond donors (Lipinski definition) is 0. The smallest absolute Gasteiger partial charge is 0.251 e. The SMILES string of the molecule is CC(=O)N1CCC[C@H]1C(=O)N(Cc1cccc2ccccc12)c1cncn1Cc1ccc(C#N)cc1. The van der Waals surface area contributed by atoms with Crippen LogP contribution in [0.5, 0.6) is 0 Å². The first kappa shape index (κ1) is 23.3. The second-order valence-corrected chi connectivity index (χ2v) is 9.12. The average molecular weight is 478 g/mol. The van der Waals surface area contributed by atoms with E-state index in [0.29, 0.717) is 37.4 Å². The number of carbonyl (C=O) groups excluding carboxylic acids is 2. The fourth-order valence-electron chi connectivity index (χ4n) is 4.99. The number of amides is 2. The summed E-state index contributed by atoms with van der Waals surface area (Å²) in [5.74, 6) is 0.493. The molecule has 1 aliphatic heterocycles. The Labute approximate surface area is 210 Å². The van der Waals surface area contributed by atoms with E-state index in [4.69, 9.17) is 5.26 Å². The Bertz CT molecular complexity index is 1450. The molecule has 1 fully saturated rings. The van der Waals surface area contributed by atoms with Crippen molar-refractivity contribution in [3.05, 3.63) is 95.9 Å². The molecule has 1 saturated heterocycles. The van der Waals surface area contributed by atoms with Crippen LogP contribution >= 0.6 is 0 Å². The molecule has 180 valence electrons. The van der Waals surface area contributed by atoms with E-state index in [1.165, 1.54) is 6.92 Å². The molecule has 1 aromatic heterocycles. The normalized spacial score (nSPS) is 15.1. The maximum atomic E-state index is 14.0. The number of nitrogens with zero attached hydrogens (tertiary/aromatic N) is 5. The van der Waals surface area contributed by atoms with Gasteiger partial charge in [0.25, 0.3) is 5.91 Å². The van der Waals surface area contributed by atoms with E-state index in [-0.39, 0.29) is 11.8 Å². The summed E-state index contributed by atoms with van der Waals surface area (Å²) in [6.07, 6.45) is 4.88. The topological polar surface area (TPSA) is 82.2 Å². The van der Waals surface area contributed by atoms with Crippen molar-refractivity contribution in [3.8, 4) is 6.07 Å². The van der Waals surface area contributed by atoms with Crippen LogP contribution in [0.15, 0.2) is 79.3 Å². The maximum Gasteiger partial charge on any atom is 0.251 e. The lowest BCUT2D eigenvalue weighted by atomic mass is 10.0. The maximum absolute atomic E-state index is 14.0. The molecule has 2 amide bonds.